The van der Waals surface area contributed by atoms with Crippen LogP contribution in [0.15, 0.2) is 100 Å². The summed E-state index contributed by atoms with van der Waals surface area (Å²) in [7, 11) is 0. The predicted octanol–water partition coefficient (Wildman–Crippen LogP) is 7.53. The Morgan fingerprint density at radius 3 is 2.16 bits per heavy atom. The van der Waals surface area contributed by atoms with E-state index in [1.54, 1.807) is 6.20 Å². The molecule has 1 fully saturated rings. The first kappa shape index (κ1) is 30.7. The van der Waals surface area contributed by atoms with Gasteiger partial charge in [-0.2, -0.15) is 5.11 Å². The fourth-order valence-electron chi connectivity index (χ4n) is 5.93. The number of carbonyl (C=O) groups excluding carboxylic acids is 1. The summed E-state index contributed by atoms with van der Waals surface area (Å²) in [6, 6.07) is 24.7. The van der Waals surface area contributed by atoms with E-state index in [1.807, 2.05) is 41.4 Å². The van der Waals surface area contributed by atoms with E-state index in [0.29, 0.717) is 18.1 Å². The fraction of sp³-hybridized carbons (Fsp3) is 0.297. The van der Waals surface area contributed by atoms with Crippen molar-refractivity contribution in [3.05, 3.63) is 117 Å². The van der Waals surface area contributed by atoms with Gasteiger partial charge in [0.2, 0.25) is 0 Å². The molecule has 3 heterocycles. The summed E-state index contributed by atoms with van der Waals surface area (Å²) in [5, 5.41) is 16.3. The van der Waals surface area contributed by atoms with Gasteiger partial charge < -0.3 is 5.32 Å². The molecule has 0 amide bonds. The predicted molar refractivity (Wildman–Crippen MR) is 185 cm³/mol. The number of rotatable bonds is 10. The summed E-state index contributed by atoms with van der Waals surface area (Å²) in [5.41, 5.74) is 8.18. The van der Waals surface area contributed by atoms with Crippen LogP contribution in [-0.2, 0) is 17.6 Å². The van der Waals surface area contributed by atoms with Crippen molar-refractivity contribution in [1.29, 1.82) is 0 Å². The molecule has 0 spiro atoms. The number of hydrogen-bond donors (Lipinski definition) is 1. The molecule has 1 aromatic heterocycles. The van der Waals surface area contributed by atoms with Crippen LogP contribution in [0.1, 0.15) is 36.1 Å². The van der Waals surface area contributed by atoms with Crippen molar-refractivity contribution < 1.29 is 4.79 Å². The molecule has 45 heavy (non-hydrogen) atoms. The molecule has 0 saturated carbocycles. The van der Waals surface area contributed by atoms with Gasteiger partial charge in [0.15, 0.2) is 5.78 Å². The number of nitrogens with one attached hydrogen (secondary N) is 1. The Labute approximate surface area is 270 Å². The normalized spacial score (nSPS) is 18.9. The summed E-state index contributed by atoms with van der Waals surface area (Å²) < 4.78 is 0. The molecule has 3 aromatic carbocycles. The molecule has 8 heteroatoms. The second-order valence-electron chi connectivity index (χ2n) is 11.7. The fourth-order valence-corrected chi connectivity index (χ4v) is 6.09. The van der Waals surface area contributed by atoms with Crippen molar-refractivity contribution in [3.63, 3.8) is 0 Å². The number of piperidine rings is 1. The summed E-state index contributed by atoms with van der Waals surface area (Å²) in [6.07, 6.45) is 7.88. The number of anilines is 1. The number of Topliss-reactive ketones (excluding diaryl/α,β-unsaturated/α-hetero) is 1. The van der Waals surface area contributed by atoms with E-state index in [1.165, 1.54) is 11.1 Å². The minimum Gasteiger partial charge on any atom is -0.383 e. The number of halogens is 1. The zero-order valence-electron chi connectivity index (χ0n) is 25.9. The van der Waals surface area contributed by atoms with Crippen molar-refractivity contribution >= 4 is 46.1 Å². The van der Waals surface area contributed by atoms with Crippen LogP contribution < -0.4 is 5.32 Å². The van der Waals surface area contributed by atoms with Gasteiger partial charge in [0, 0.05) is 59.6 Å². The largest absolute Gasteiger partial charge is 0.383 e. The molecule has 0 aliphatic carbocycles. The maximum Gasteiger partial charge on any atom is 0.187 e. The van der Waals surface area contributed by atoms with E-state index in [2.05, 4.69) is 87.9 Å². The van der Waals surface area contributed by atoms with E-state index in [9.17, 15) is 4.79 Å². The van der Waals surface area contributed by atoms with Gasteiger partial charge in [-0.3, -0.25) is 19.7 Å². The Bertz CT molecular complexity index is 1680. The van der Waals surface area contributed by atoms with Crippen molar-refractivity contribution in [2.45, 2.75) is 32.7 Å². The third-order valence-corrected chi connectivity index (χ3v) is 8.69. The number of aryl methyl sites for hydroxylation is 2. The number of nitrogens with zero attached hydrogens (tertiary/aromatic N) is 5. The minimum atomic E-state index is 0.0391. The SMILES string of the molecule is CCc1ccc(C=C2CN(CC3CN(CCNc4ccnc5cc(Cl)ccc45)N=N3)CC(=Cc3ccc(CC)cc3)C2=O)cc1. The number of benzene rings is 3. The summed E-state index contributed by atoms with van der Waals surface area (Å²) >= 11 is 6.14. The molecule has 1 N–H and O–H groups in total. The second kappa shape index (κ2) is 14.2. The molecule has 2 aliphatic heterocycles. The average Bonchev–Trinajstić information content (AvgIpc) is 3.50. The highest BCUT2D eigenvalue weighted by Crippen LogP contribution is 2.26. The van der Waals surface area contributed by atoms with Gasteiger partial charge in [0.25, 0.3) is 0 Å². The lowest BCUT2D eigenvalue weighted by Crippen LogP contribution is -2.42. The molecule has 4 aromatic rings. The molecule has 1 unspecified atom stereocenters. The summed E-state index contributed by atoms with van der Waals surface area (Å²) in [4.78, 5) is 20.5. The van der Waals surface area contributed by atoms with E-state index < -0.39 is 0 Å². The van der Waals surface area contributed by atoms with Crippen molar-refractivity contribution in [3.8, 4) is 0 Å². The number of hydrogen-bond acceptors (Lipinski definition) is 7. The molecule has 1 saturated heterocycles. The Hall–Kier alpha value is -4.33. The van der Waals surface area contributed by atoms with Gasteiger partial charge in [-0.15, -0.1) is 0 Å². The lowest BCUT2D eigenvalue weighted by Gasteiger charge is -2.31. The van der Waals surface area contributed by atoms with Crippen molar-refractivity contribution in [2.75, 3.05) is 44.6 Å². The molecule has 0 bridgehead atoms. The number of carbonyl (C=O) groups is 1. The number of aromatic nitrogens is 1. The maximum atomic E-state index is 13.7. The molecule has 7 nitrogen and oxygen atoms in total. The molecular weight excluding hydrogens is 580 g/mol. The van der Waals surface area contributed by atoms with Crippen LogP contribution in [-0.4, -0.2) is 66.0 Å². The Balaban J connectivity index is 1.11. The number of fused-ring (bicyclic) bond motifs is 1. The Kier molecular flexibility index (Phi) is 9.67. The monoisotopic (exact) mass is 618 g/mol. The van der Waals surface area contributed by atoms with E-state index in [0.717, 1.165) is 77.9 Å². The van der Waals surface area contributed by atoms with Crippen LogP contribution in [0, 0.1) is 0 Å². The first-order chi connectivity index (χ1) is 22.0. The van der Waals surface area contributed by atoms with Crippen LogP contribution in [0.4, 0.5) is 5.69 Å². The number of pyridine rings is 1. The van der Waals surface area contributed by atoms with Crippen LogP contribution in [0.2, 0.25) is 5.02 Å². The zero-order chi connectivity index (χ0) is 31.2. The van der Waals surface area contributed by atoms with Gasteiger partial charge in [0.1, 0.15) is 6.04 Å². The molecule has 6 rings (SSSR count). The smallest absolute Gasteiger partial charge is 0.187 e. The van der Waals surface area contributed by atoms with Gasteiger partial charge in [-0.25, -0.2) is 0 Å². The van der Waals surface area contributed by atoms with E-state index >= 15 is 0 Å². The number of ketones is 1. The van der Waals surface area contributed by atoms with Crippen LogP contribution in [0.3, 0.4) is 0 Å². The Morgan fingerprint density at radius 2 is 1.53 bits per heavy atom. The standard InChI is InChI=1S/C37H39ClN6O/c1-3-26-5-9-28(10-6-26)19-30-22-43(23-31(37(30)45)20-29-11-7-27(4-2)8-12-29)24-33-25-44(42-41-33)18-17-40-35-15-16-39-36-21-32(38)13-14-34(35)36/h5-16,19-21,33H,3-4,17-18,22-25H2,1-2H3,(H,39,40). The highest BCUT2D eigenvalue weighted by Gasteiger charge is 2.29. The zero-order valence-corrected chi connectivity index (χ0v) is 26.7. The molecular formula is C37H39ClN6O. The highest BCUT2D eigenvalue weighted by molar-refractivity contribution is 6.31. The van der Waals surface area contributed by atoms with Crippen LogP contribution in [0.25, 0.3) is 23.1 Å². The number of likely N-dealkylation sites (tertiary alicyclic amines) is 1. The molecule has 1 atom stereocenters. The van der Waals surface area contributed by atoms with Crippen LogP contribution in [0.5, 0.6) is 0 Å². The van der Waals surface area contributed by atoms with E-state index in [-0.39, 0.29) is 11.8 Å². The van der Waals surface area contributed by atoms with Gasteiger partial charge in [-0.1, -0.05) is 79.2 Å². The second-order valence-corrected chi connectivity index (χ2v) is 12.2. The Morgan fingerprint density at radius 1 is 0.889 bits per heavy atom. The topological polar surface area (TPSA) is 73.2 Å². The first-order valence-electron chi connectivity index (χ1n) is 15.8. The van der Waals surface area contributed by atoms with E-state index in [4.69, 9.17) is 11.6 Å². The molecule has 2 aliphatic rings. The lowest BCUT2D eigenvalue weighted by molar-refractivity contribution is -0.113. The lowest BCUT2D eigenvalue weighted by atomic mass is 9.93. The van der Waals surface area contributed by atoms with Crippen molar-refractivity contribution in [2.24, 2.45) is 10.3 Å². The van der Waals surface area contributed by atoms with Crippen molar-refractivity contribution in [1.82, 2.24) is 14.9 Å². The third kappa shape index (κ3) is 7.67. The molecule has 0 radical (unpaired) electrons. The van der Waals surface area contributed by atoms with Gasteiger partial charge in [0.05, 0.1) is 18.6 Å². The average molecular weight is 619 g/mol. The van der Waals surface area contributed by atoms with Crippen LogP contribution >= 0.6 is 11.6 Å². The summed E-state index contributed by atoms with van der Waals surface area (Å²) in [5.74, 6) is 0.122. The van der Waals surface area contributed by atoms with Gasteiger partial charge >= 0.3 is 0 Å². The molecule has 230 valence electrons. The highest BCUT2D eigenvalue weighted by atomic mass is 35.5. The third-order valence-electron chi connectivity index (χ3n) is 8.45. The minimum absolute atomic E-state index is 0.0391. The first-order valence-corrected chi connectivity index (χ1v) is 16.1. The summed E-state index contributed by atoms with van der Waals surface area (Å²) in [6.45, 7) is 8.41. The maximum absolute atomic E-state index is 13.7. The van der Waals surface area contributed by atoms with Gasteiger partial charge in [-0.05, 0) is 71.5 Å². The quantitative estimate of drug-likeness (QED) is 0.186.